The zero-order chi connectivity index (χ0) is 15.6. The van der Waals surface area contributed by atoms with E-state index in [-0.39, 0.29) is 23.0 Å². The number of carbonyl (C=O) groups is 1. The van der Waals surface area contributed by atoms with Crippen LogP contribution in [0.1, 0.15) is 22.3 Å². The molecular weight excluding hydrogens is 300 g/mol. The number of rotatable bonds is 2. The summed E-state index contributed by atoms with van der Waals surface area (Å²) in [6.07, 6.45) is 0.286. The zero-order valence-corrected chi connectivity index (χ0v) is 12.5. The van der Waals surface area contributed by atoms with Crippen LogP contribution >= 0.6 is 0 Å². The van der Waals surface area contributed by atoms with Gasteiger partial charge in [0.1, 0.15) is 0 Å². The number of amides is 1. The largest absolute Gasteiger partial charge is 0.271 e. The van der Waals surface area contributed by atoms with Gasteiger partial charge in [0.2, 0.25) is 0 Å². The summed E-state index contributed by atoms with van der Waals surface area (Å²) in [4.78, 5) is 12.3. The molecule has 0 aromatic heterocycles. The van der Waals surface area contributed by atoms with Gasteiger partial charge in [-0.05, 0) is 18.2 Å². The maximum absolute atomic E-state index is 12.0. The van der Waals surface area contributed by atoms with Crippen LogP contribution in [0.2, 0.25) is 0 Å². The maximum atomic E-state index is 12.0. The molecule has 1 aliphatic heterocycles. The first-order valence-electron chi connectivity index (χ1n) is 6.82. The molecule has 0 fully saturated rings. The molecule has 2 aromatic carbocycles. The first kappa shape index (κ1) is 14.5. The van der Waals surface area contributed by atoms with Crippen LogP contribution in [0, 0.1) is 0 Å². The molecule has 0 aliphatic carbocycles. The van der Waals surface area contributed by atoms with Gasteiger partial charge in [-0.1, -0.05) is 36.4 Å². The molecule has 5 nitrogen and oxygen atoms in total. The highest BCUT2D eigenvalue weighted by Crippen LogP contribution is 2.24. The molecule has 0 spiro atoms. The SMILES string of the molecule is O=C(NN=C1CCS(=O)(=O)c2ccccc21)c1ccccc1. The van der Waals surface area contributed by atoms with E-state index in [0.29, 0.717) is 16.8 Å². The van der Waals surface area contributed by atoms with Crippen molar-refractivity contribution in [1.29, 1.82) is 0 Å². The normalized spacial score (nSPS) is 17.7. The lowest BCUT2D eigenvalue weighted by atomic mass is 10.1. The van der Waals surface area contributed by atoms with Crippen molar-refractivity contribution in [1.82, 2.24) is 5.43 Å². The lowest BCUT2D eigenvalue weighted by Crippen LogP contribution is -2.26. The van der Waals surface area contributed by atoms with Gasteiger partial charge in [-0.25, -0.2) is 13.8 Å². The first-order valence-corrected chi connectivity index (χ1v) is 8.47. The fourth-order valence-corrected chi connectivity index (χ4v) is 3.83. The predicted octanol–water partition coefficient (Wildman–Crippen LogP) is 2.00. The summed E-state index contributed by atoms with van der Waals surface area (Å²) < 4.78 is 24.1. The summed E-state index contributed by atoms with van der Waals surface area (Å²) in [6, 6.07) is 15.5. The third-order valence-electron chi connectivity index (χ3n) is 3.47. The highest BCUT2D eigenvalue weighted by Gasteiger charge is 2.27. The lowest BCUT2D eigenvalue weighted by molar-refractivity contribution is 0.0955. The van der Waals surface area contributed by atoms with Crippen molar-refractivity contribution in [3.05, 3.63) is 65.7 Å². The Labute approximate surface area is 128 Å². The molecule has 0 saturated carbocycles. The maximum Gasteiger partial charge on any atom is 0.271 e. The van der Waals surface area contributed by atoms with E-state index in [2.05, 4.69) is 10.5 Å². The van der Waals surface area contributed by atoms with E-state index in [1.807, 2.05) is 6.07 Å². The summed E-state index contributed by atoms with van der Waals surface area (Å²) >= 11 is 0. The van der Waals surface area contributed by atoms with Crippen molar-refractivity contribution >= 4 is 21.5 Å². The molecule has 0 unspecified atom stereocenters. The summed E-state index contributed by atoms with van der Waals surface area (Å²) in [6.45, 7) is 0. The molecule has 112 valence electrons. The topological polar surface area (TPSA) is 75.6 Å². The van der Waals surface area contributed by atoms with Crippen molar-refractivity contribution in [2.75, 3.05) is 5.75 Å². The zero-order valence-electron chi connectivity index (χ0n) is 11.7. The number of hydrogen-bond acceptors (Lipinski definition) is 4. The molecule has 0 bridgehead atoms. The van der Waals surface area contributed by atoms with Crippen molar-refractivity contribution in [3.8, 4) is 0 Å². The van der Waals surface area contributed by atoms with Gasteiger partial charge in [0.15, 0.2) is 9.84 Å². The van der Waals surface area contributed by atoms with Crippen molar-refractivity contribution in [2.45, 2.75) is 11.3 Å². The van der Waals surface area contributed by atoms with Crippen LogP contribution < -0.4 is 5.43 Å². The van der Waals surface area contributed by atoms with E-state index in [4.69, 9.17) is 0 Å². The Balaban J connectivity index is 1.89. The monoisotopic (exact) mass is 314 g/mol. The molecule has 1 amide bonds. The highest BCUT2D eigenvalue weighted by molar-refractivity contribution is 7.91. The van der Waals surface area contributed by atoms with E-state index in [9.17, 15) is 13.2 Å². The average molecular weight is 314 g/mol. The minimum atomic E-state index is -3.26. The quantitative estimate of drug-likeness (QED) is 0.861. The molecule has 22 heavy (non-hydrogen) atoms. The molecule has 1 aliphatic rings. The molecule has 0 atom stereocenters. The molecule has 2 aromatic rings. The molecule has 6 heteroatoms. The summed E-state index contributed by atoms with van der Waals surface area (Å²) in [5.74, 6) is -0.316. The third-order valence-corrected chi connectivity index (χ3v) is 5.24. The molecule has 0 radical (unpaired) electrons. The molecular formula is C16H14N2O3S. The third kappa shape index (κ3) is 2.78. The summed E-state index contributed by atoms with van der Waals surface area (Å²) in [5, 5.41) is 4.12. The first-order chi connectivity index (χ1) is 10.6. The molecule has 0 saturated heterocycles. The smallest absolute Gasteiger partial charge is 0.267 e. The fourth-order valence-electron chi connectivity index (χ4n) is 2.34. The Kier molecular flexibility index (Phi) is 3.77. The number of sulfone groups is 1. The summed E-state index contributed by atoms with van der Waals surface area (Å²) in [5.41, 5.74) is 4.13. The van der Waals surface area contributed by atoms with Gasteiger partial charge in [0.05, 0.1) is 16.4 Å². The van der Waals surface area contributed by atoms with Crippen LogP contribution in [-0.4, -0.2) is 25.8 Å². The van der Waals surface area contributed by atoms with Gasteiger partial charge in [0.25, 0.3) is 5.91 Å². The van der Waals surface area contributed by atoms with Gasteiger partial charge in [0, 0.05) is 17.5 Å². The average Bonchev–Trinajstić information content (AvgIpc) is 2.55. The van der Waals surface area contributed by atoms with E-state index < -0.39 is 9.84 Å². The second kappa shape index (κ2) is 5.73. The minimum Gasteiger partial charge on any atom is -0.267 e. The van der Waals surface area contributed by atoms with Crippen molar-refractivity contribution < 1.29 is 13.2 Å². The van der Waals surface area contributed by atoms with Gasteiger partial charge >= 0.3 is 0 Å². The molecule has 3 rings (SSSR count). The van der Waals surface area contributed by atoms with Crippen molar-refractivity contribution in [2.24, 2.45) is 5.10 Å². The van der Waals surface area contributed by atoms with E-state index >= 15 is 0 Å². The lowest BCUT2D eigenvalue weighted by Gasteiger charge is -2.17. The van der Waals surface area contributed by atoms with Crippen LogP contribution in [0.15, 0.2) is 64.6 Å². The van der Waals surface area contributed by atoms with Crippen LogP contribution in [0.4, 0.5) is 0 Å². The highest BCUT2D eigenvalue weighted by atomic mass is 32.2. The number of nitrogens with one attached hydrogen (secondary N) is 1. The van der Waals surface area contributed by atoms with Gasteiger partial charge in [-0.15, -0.1) is 0 Å². The number of nitrogens with zero attached hydrogens (tertiary/aromatic N) is 1. The van der Waals surface area contributed by atoms with E-state index in [1.165, 1.54) is 0 Å². The number of hydrazone groups is 1. The standard InChI is InChI=1S/C16H14N2O3S/c19-16(12-6-2-1-3-7-12)18-17-14-10-11-22(20,21)15-9-5-4-8-13(14)15/h1-9H,10-11H2,(H,18,19). The van der Waals surface area contributed by atoms with Gasteiger partial charge < -0.3 is 0 Å². The Morgan fingerprint density at radius 3 is 2.45 bits per heavy atom. The van der Waals surface area contributed by atoms with Gasteiger partial charge in [-0.3, -0.25) is 4.79 Å². The van der Waals surface area contributed by atoms with E-state index in [1.54, 1.807) is 48.5 Å². The van der Waals surface area contributed by atoms with Crippen LogP contribution in [0.5, 0.6) is 0 Å². The van der Waals surface area contributed by atoms with Gasteiger partial charge in [-0.2, -0.15) is 5.10 Å². The number of benzene rings is 2. The minimum absolute atomic E-state index is 0.00402. The Morgan fingerprint density at radius 1 is 1.00 bits per heavy atom. The predicted molar refractivity (Wildman–Crippen MR) is 83.6 cm³/mol. The molecule has 1 N–H and O–H groups in total. The number of hydrogen-bond donors (Lipinski definition) is 1. The fraction of sp³-hybridized carbons (Fsp3) is 0.125. The Bertz CT molecular complexity index is 843. The van der Waals surface area contributed by atoms with Crippen LogP contribution in [-0.2, 0) is 9.84 Å². The number of fused-ring (bicyclic) bond motifs is 1. The second-order valence-electron chi connectivity index (χ2n) is 4.93. The van der Waals surface area contributed by atoms with E-state index in [0.717, 1.165) is 0 Å². The van der Waals surface area contributed by atoms with Crippen LogP contribution in [0.3, 0.4) is 0 Å². The van der Waals surface area contributed by atoms with Crippen LogP contribution in [0.25, 0.3) is 0 Å². The van der Waals surface area contributed by atoms with Crippen molar-refractivity contribution in [3.63, 3.8) is 0 Å². The number of carbonyl (C=O) groups excluding carboxylic acids is 1. The Hall–Kier alpha value is -2.47. The summed E-state index contributed by atoms with van der Waals surface area (Å²) in [7, 11) is -3.26. The second-order valence-corrected chi connectivity index (χ2v) is 7.01. The molecule has 1 heterocycles. The Morgan fingerprint density at radius 2 is 1.68 bits per heavy atom.